The van der Waals surface area contributed by atoms with E-state index in [-0.39, 0.29) is 0 Å². The van der Waals surface area contributed by atoms with Gasteiger partial charge in [0.2, 0.25) is 0 Å². The summed E-state index contributed by atoms with van der Waals surface area (Å²) < 4.78 is 0. The SMILES string of the molecule is CC1CC2CC(C)CC2(c2ccc(O)cc2)C1. The van der Waals surface area contributed by atoms with E-state index in [4.69, 9.17) is 0 Å². The largest absolute Gasteiger partial charge is 0.508 e. The number of hydrogen-bond acceptors (Lipinski definition) is 1. The zero-order valence-electron chi connectivity index (χ0n) is 10.8. The Hall–Kier alpha value is -0.980. The molecule has 2 fully saturated rings. The third-order valence-corrected chi connectivity index (χ3v) is 5.02. The van der Waals surface area contributed by atoms with Crippen LogP contribution in [0.5, 0.6) is 5.75 Å². The van der Waals surface area contributed by atoms with Gasteiger partial charge in [0.15, 0.2) is 0 Å². The molecule has 92 valence electrons. The predicted octanol–water partition coefficient (Wildman–Crippen LogP) is 4.11. The van der Waals surface area contributed by atoms with E-state index in [0.29, 0.717) is 11.2 Å². The van der Waals surface area contributed by atoms with Crippen LogP contribution in [0.25, 0.3) is 0 Å². The van der Waals surface area contributed by atoms with Crippen molar-refractivity contribution in [1.29, 1.82) is 0 Å². The molecule has 2 saturated carbocycles. The molecule has 1 aromatic rings. The highest BCUT2D eigenvalue weighted by molar-refractivity contribution is 5.34. The Bertz CT molecular complexity index is 392. The quantitative estimate of drug-likeness (QED) is 0.770. The molecule has 0 bridgehead atoms. The average molecular weight is 230 g/mol. The standard InChI is InChI=1S/C16H22O/c1-11-7-14-8-12(2)10-16(14,9-11)13-3-5-15(17)6-4-13/h3-6,11-12,14,17H,7-10H2,1-2H3. The fourth-order valence-electron chi connectivity index (χ4n) is 4.61. The van der Waals surface area contributed by atoms with Crippen molar-refractivity contribution < 1.29 is 5.11 Å². The van der Waals surface area contributed by atoms with Crippen molar-refractivity contribution in [1.82, 2.24) is 0 Å². The number of fused-ring (bicyclic) bond motifs is 1. The number of aromatic hydroxyl groups is 1. The summed E-state index contributed by atoms with van der Waals surface area (Å²) in [7, 11) is 0. The predicted molar refractivity (Wildman–Crippen MR) is 70.1 cm³/mol. The lowest BCUT2D eigenvalue weighted by molar-refractivity contribution is 0.363. The maximum absolute atomic E-state index is 9.44. The minimum Gasteiger partial charge on any atom is -0.508 e. The van der Waals surface area contributed by atoms with Gasteiger partial charge in [-0.3, -0.25) is 0 Å². The van der Waals surface area contributed by atoms with E-state index in [2.05, 4.69) is 26.0 Å². The summed E-state index contributed by atoms with van der Waals surface area (Å²) in [6.07, 6.45) is 5.47. The Morgan fingerprint density at radius 1 is 1.00 bits per heavy atom. The Morgan fingerprint density at radius 2 is 1.53 bits per heavy atom. The van der Waals surface area contributed by atoms with Gasteiger partial charge >= 0.3 is 0 Å². The summed E-state index contributed by atoms with van der Waals surface area (Å²) in [5.74, 6) is 2.98. The van der Waals surface area contributed by atoms with Crippen LogP contribution in [0.1, 0.15) is 45.1 Å². The highest BCUT2D eigenvalue weighted by Gasteiger charge is 2.51. The Morgan fingerprint density at radius 3 is 2.06 bits per heavy atom. The Kier molecular flexibility index (Phi) is 2.46. The lowest BCUT2D eigenvalue weighted by Crippen LogP contribution is -2.25. The maximum atomic E-state index is 9.44. The monoisotopic (exact) mass is 230 g/mol. The summed E-state index contributed by atoms with van der Waals surface area (Å²) in [5, 5.41) is 9.44. The molecule has 0 aliphatic heterocycles. The van der Waals surface area contributed by atoms with Crippen LogP contribution in [0.15, 0.2) is 24.3 Å². The minimum absolute atomic E-state index is 0.388. The third-order valence-electron chi connectivity index (χ3n) is 5.02. The van der Waals surface area contributed by atoms with E-state index in [9.17, 15) is 5.11 Å². The van der Waals surface area contributed by atoms with Gasteiger partial charge in [0.1, 0.15) is 5.75 Å². The molecule has 2 aliphatic rings. The van der Waals surface area contributed by atoms with Crippen LogP contribution in [0.4, 0.5) is 0 Å². The van der Waals surface area contributed by atoms with Gasteiger partial charge in [-0.05, 0) is 66.5 Å². The van der Waals surface area contributed by atoms with Gasteiger partial charge < -0.3 is 5.11 Å². The second-order valence-electron chi connectivity index (χ2n) is 6.49. The molecule has 1 nitrogen and oxygen atoms in total. The Balaban J connectivity index is 2.00. The third kappa shape index (κ3) is 1.67. The van der Waals surface area contributed by atoms with Gasteiger partial charge in [-0.25, -0.2) is 0 Å². The van der Waals surface area contributed by atoms with Crippen LogP contribution in [0.2, 0.25) is 0 Å². The van der Waals surface area contributed by atoms with E-state index in [0.717, 1.165) is 17.8 Å². The molecule has 1 N–H and O–H groups in total. The van der Waals surface area contributed by atoms with Gasteiger partial charge in [0.05, 0.1) is 0 Å². The molecular weight excluding hydrogens is 208 g/mol. The summed E-state index contributed by atoms with van der Waals surface area (Å²) in [6, 6.07) is 8.01. The van der Waals surface area contributed by atoms with Gasteiger partial charge in [0.25, 0.3) is 0 Å². The van der Waals surface area contributed by atoms with E-state index in [1.807, 2.05) is 12.1 Å². The highest BCUT2D eigenvalue weighted by Crippen LogP contribution is 2.59. The maximum Gasteiger partial charge on any atom is 0.115 e. The van der Waals surface area contributed by atoms with Gasteiger partial charge in [-0.2, -0.15) is 0 Å². The van der Waals surface area contributed by atoms with E-state index >= 15 is 0 Å². The van der Waals surface area contributed by atoms with E-state index < -0.39 is 0 Å². The van der Waals surface area contributed by atoms with Crippen molar-refractivity contribution in [2.75, 3.05) is 0 Å². The molecule has 17 heavy (non-hydrogen) atoms. The number of benzene rings is 1. The summed E-state index contributed by atoms with van der Waals surface area (Å²) in [4.78, 5) is 0. The molecule has 1 heteroatoms. The molecule has 0 spiro atoms. The van der Waals surface area contributed by atoms with Gasteiger partial charge in [-0.1, -0.05) is 26.0 Å². The van der Waals surface area contributed by atoms with Crippen molar-refractivity contribution in [3.05, 3.63) is 29.8 Å². The molecule has 2 unspecified atom stereocenters. The van der Waals surface area contributed by atoms with Crippen LogP contribution >= 0.6 is 0 Å². The van der Waals surface area contributed by atoms with E-state index in [1.54, 1.807) is 0 Å². The van der Waals surface area contributed by atoms with Gasteiger partial charge in [0, 0.05) is 0 Å². The Labute approximate surface area is 104 Å². The fourth-order valence-corrected chi connectivity index (χ4v) is 4.61. The lowest BCUT2D eigenvalue weighted by Gasteiger charge is -2.30. The first-order valence-corrected chi connectivity index (χ1v) is 6.89. The average Bonchev–Trinajstić information content (AvgIpc) is 2.70. The van der Waals surface area contributed by atoms with E-state index in [1.165, 1.54) is 31.2 Å². The van der Waals surface area contributed by atoms with Crippen molar-refractivity contribution >= 4 is 0 Å². The first-order valence-electron chi connectivity index (χ1n) is 6.89. The first-order chi connectivity index (χ1) is 8.10. The van der Waals surface area contributed by atoms with Crippen molar-refractivity contribution in [3.63, 3.8) is 0 Å². The second-order valence-corrected chi connectivity index (χ2v) is 6.49. The molecule has 0 heterocycles. The van der Waals surface area contributed by atoms with Crippen LogP contribution in [0, 0.1) is 17.8 Å². The molecule has 2 atom stereocenters. The fraction of sp³-hybridized carbons (Fsp3) is 0.625. The number of phenolic OH excluding ortho intramolecular Hbond substituents is 1. The second kappa shape index (κ2) is 3.76. The van der Waals surface area contributed by atoms with Crippen molar-refractivity contribution in [3.8, 4) is 5.75 Å². The summed E-state index contributed by atoms with van der Waals surface area (Å²) in [6.45, 7) is 4.79. The van der Waals surface area contributed by atoms with Crippen LogP contribution < -0.4 is 0 Å². The molecule has 1 aromatic carbocycles. The number of phenols is 1. The number of hydrogen-bond donors (Lipinski definition) is 1. The molecule has 2 aliphatic carbocycles. The van der Waals surface area contributed by atoms with Crippen LogP contribution in [-0.4, -0.2) is 5.11 Å². The molecule has 3 rings (SSSR count). The molecule has 0 radical (unpaired) electrons. The molecule has 0 amide bonds. The van der Waals surface area contributed by atoms with Crippen LogP contribution in [-0.2, 0) is 5.41 Å². The normalized spacial score (nSPS) is 40.5. The zero-order valence-corrected chi connectivity index (χ0v) is 10.8. The van der Waals surface area contributed by atoms with Gasteiger partial charge in [-0.15, -0.1) is 0 Å². The van der Waals surface area contributed by atoms with Crippen molar-refractivity contribution in [2.45, 2.75) is 44.9 Å². The highest BCUT2D eigenvalue weighted by atomic mass is 16.3. The molecule has 0 aromatic heterocycles. The number of rotatable bonds is 1. The van der Waals surface area contributed by atoms with Crippen LogP contribution in [0.3, 0.4) is 0 Å². The first kappa shape index (κ1) is 11.1. The topological polar surface area (TPSA) is 20.2 Å². The summed E-state index contributed by atoms with van der Waals surface area (Å²) in [5.41, 5.74) is 1.89. The summed E-state index contributed by atoms with van der Waals surface area (Å²) >= 11 is 0. The smallest absolute Gasteiger partial charge is 0.115 e. The molecule has 0 saturated heterocycles. The zero-order chi connectivity index (χ0) is 12.0. The lowest BCUT2D eigenvalue weighted by atomic mass is 9.73. The van der Waals surface area contributed by atoms with Crippen molar-refractivity contribution in [2.24, 2.45) is 17.8 Å². The molecular formula is C16H22O. The minimum atomic E-state index is 0.388.